The average Bonchev–Trinajstić information content (AvgIpc) is 2.66. The average molecular weight is 213 g/mol. The van der Waals surface area contributed by atoms with E-state index in [4.69, 9.17) is 5.11 Å². The molecule has 82 valence electrons. The normalized spacial score (nSPS) is 12.1. The highest BCUT2D eigenvalue weighted by atomic mass is 16.6. The molecule has 1 atom stereocenters. The van der Waals surface area contributed by atoms with Gasteiger partial charge >= 0.3 is 0 Å². The number of aromatic nitrogens is 1. The van der Waals surface area contributed by atoms with Gasteiger partial charge in [0.25, 0.3) is 11.6 Å². The van der Waals surface area contributed by atoms with Gasteiger partial charge in [-0.2, -0.15) is 0 Å². The lowest BCUT2D eigenvalue weighted by molar-refractivity contribution is -0.384. The number of aromatic amines is 1. The van der Waals surface area contributed by atoms with E-state index in [9.17, 15) is 14.9 Å². The highest BCUT2D eigenvalue weighted by Gasteiger charge is 2.15. The van der Waals surface area contributed by atoms with E-state index in [0.717, 1.165) is 12.3 Å². The fraction of sp³-hybridized carbons (Fsp3) is 0.375. The van der Waals surface area contributed by atoms with Crippen LogP contribution in [0.15, 0.2) is 12.3 Å². The molecule has 0 spiro atoms. The number of carbonyl (C=O) groups is 1. The maximum Gasteiger partial charge on any atom is 0.287 e. The first kappa shape index (κ1) is 11.2. The summed E-state index contributed by atoms with van der Waals surface area (Å²) in [5.74, 6) is -0.482. The standard InChI is InChI=1S/C8H11N3O4/c1-5(4-12)10-8(13)7-2-6(3-9-7)11(14)15/h2-3,5,9,12H,4H2,1H3,(H,10,13)/t5-/m0/s1. The molecule has 0 radical (unpaired) electrons. The van der Waals surface area contributed by atoms with E-state index >= 15 is 0 Å². The number of carbonyl (C=O) groups excluding carboxylic acids is 1. The Balaban J connectivity index is 2.70. The van der Waals surface area contributed by atoms with Gasteiger partial charge in [0.05, 0.1) is 17.7 Å². The first-order valence-corrected chi connectivity index (χ1v) is 4.29. The lowest BCUT2D eigenvalue weighted by Gasteiger charge is -2.08. The molecule has 0 saturated carbocycles. The molecule has 0 aliphatic carbocycles. The third kappa shape index (κ3) is 2.78. The van der Waals surface area contributed by atoms with Crippen molar-refractivity contribution in [2.24, 2.45) is 0 Å². The van der Waals surface area contributed by atoms with Crippen molar-refractivity contribution in [2.75, 3.05) is 6.61 Å². The van der Waals surface area contributed by atoms with Crippen LogP contribution in [0.3, 0.4) is 0 Å². The second kappa shape index (κ2) is 4.56. The smallest absolute Gasteiger partial charge is 0.287 e. The van der Waals surface area contributed by atoms with Crippen LogP contribution in [-0.4, -0.2) is 33.6 Å². The molecular formula is C8H11N3O4. The zero-order valence-electron chi connectivity index (χ0n) is 8.06. The first-order valence-electron chi connectivity index (χ1n) is 4.29. The predicted molar refractivity (Wildman–Crippen MR) is 51.5 cm³/mol. The fourth-order valence-electron chi connectivity index (χ4n) is 0.967. The van der Waals surface area contributed by atoms with E-state index in [2.05, 4.69) is 10.3 Å². The van der Waals surface area contributed by atoms with Gasteiger partial charge in [-0.05, 0) is 6.92 Å². The van der Waals surface area contributed by atoms with Gasteiger partial charge in [-0.25, -0.2) is 0 Å². The van der Waals surface area contributed by atoms with Gasteiger partial charge in [-0.3, -0.25) is 14.9 Å². The summed E-state index contributed by atoms with van der Waals surface area (Å²) in [6, 6.07) is 0.749. The predicted octanol–water partition coefficient (Wildman–Crippen LogP) is 0.0335. The molecule has 1 heterocycles. The van der Waals surface area contributed by atoms with Gasteiger partial charge in [0.1, 0.15) is 5.69 Å². The lowest BCUT2D eigenvalue weighted by Crippen LogP contribution is -2.35. The summed E-state index contributed by atoms with van der Waals surface area (Å²) in [4.78, 5) is 23.6. The molecule has 0 aliphatic heterocycles. The summed E-state index contributed by atoms with van der Waals surface area (Å²) in [5, 5.41) is 21.5. The molecule has 3 N–H and O–H groups in total. The number of nitrogens with one attached hydrogen (secondary N) is 2. The van der Waals surface area contributed by atoms with E-state index in [1.54, 1.807) is 6.92 Å². The van der Waals surface area contributed by atoms with E-state index in [1.807, 2.05) is 0 Å². The number of H-pyrrole nitrogens is 1. The Morgan fingerprint density at radius 2 is 2.47 bits per heavy atom. The van der Waals surface area contributed by atoms with Crippen molar-refractivity contribution in [3.05, 3.63) is 28.1 Å². The minimum Gasteiger partial charge on any atom is -0.394 e. The quantitative estimate of drug-likeness (QED) is 0.484. The molecule has 0 bridgehead atoms. The van der Waals surface area contributed by atoms with E-state index in [0.29, 0.717) is 0 Å². The van der Waals surface area contributed by atoms with Crippen LogP contribution < -0.4 is 5.32 Å². The molecule has 15 heavy (non-hydrogen) atoms. The fourth-order valence-corrected chi connectivity index (χ4v) is 0.967. The van der Waals surface area contributed by atoms with E-state index in [-0.39, 0.29) is 24.0 Å². The molecule has 1 aromatic rings. The minimum atomic E-state index is -0.594. The summed E-state index contributed by atoms with van der Waals surface area (Å²) < 4.78 is 0. The van der Waals surface area contributed by atoms with Crippen LogP contribution in [0.5, 0.6) is 0 Å². The molecule has 7 nitrogen and oxygen atoms in total. The SMILES string of the molecule is C[C@@H](CO)NC(=O)c1cc([N+](=O)[O-])c[nH]1. The van der Waals surface area contributed by atoms with Crippen LogP contribution in [0.1, 0.15) is 17.4 Å². The third-order valence-corrected chi connectivity index (χ3v) is 1.77. The van der Waals surface area contributed by atoms with E-state index in [1.165, 1.54) is 0 Å². The number of amides is 1. The largest absolute Gasteiger partial charge is 0.394 e. The minimum absolute atomic E-state index is 0.0991. The molecule has 0 aliphatic rings. The van der Waals surface area contributed by atoms with Crippen LogP contribution >= 0.6 is 0 Å². The monoisotopic (exact) mass is 213 g/mol. The molecule has 7 heteroatoms. The first-order chi connectivity index (χ1) is 7.04. The topological polar surface area (TPSA) is 108 Å². The van der Waals surface area contributed by atoms with Gasteiger partial charge in [-0.15, -0.1) is 0 Å². The van der Waals surface area contributed by atoms with Gasteiger partial charge in [0, 0.05) is 12.1 Å². The van der Waals surface area contributed by atoms with Crippen LogP contribution in [0.4, 0.5) is 5.69 Å². The van der Waals surface area contributed by atoms with Crippen LogP contribution in [0.2, 0.25) is 0 Å². The summed E-state index contributed by atoms with van der Waals surface area (Å²) >= 11 is 0. The highest BCUT2D eigenvalue weighted by molar-refractivity contribution is 5.93. The third-order valence-electron chi connectivity index (χ3n) is 1.77. The molecule has 0 saturated heterocycles. The van der Waals surface area contributed by atoms with Gasteiger partial charge in [0.15, 0.2) is 0 Å². The van der Waals surface area contributed by atoms with Crippen molar-refractivity contribution in [1.29, 1.82) is 0 Å². The van der Waals surface area contributed by atoms with Gasteiger partial charge in [0.2, 0.25) is 0 Å². The summed E-state index contributed by atoms with van der Waals surface area (Å²) in [7, 11) is 0. The second-order valence-corrected chi connectivity index (χ2v) is 3.09. The van der Waals surface area contributed by atoms with Crippen molar-refractivity contribution in [3.8, 4) is 0 Å². The Morgan fingerprint density at radius 3 is 2.93 bits per heavy atom. The van der Waals surface area contributed by atoms with Crippen LogP contribution in [0, 0.1) is 10.1 Å². The number of aliphatic hydroxyl groups is 1. The Kier molecular flexibility index (Phi) is 3.40. The zero-order valence-corrected chi connectivity index (χ0v) is 8.06. The molecule has 1 rings (SSSR count). The molecule has 1 aromatic heterocycles. The summed E-state index contributed by atoms with van der Waals surface area (Å²) in [6.45, 7) is 1.43. The maximum atomic E-state index is 11.4. The number of hydrogen-bond donors (Lipinski definition) is 3. The maximum absolute atomic E-state index is 11.4. The highest BCUT2D eigenvalue weighted by Crippen LogP contribution is 2.11. The molecule has 0 aromatic carbocycles. The Hall–Kier alpha value is -1.89. The van der Waals surface area contributed by atoms with Crippen LogP contribution in [-0.2, 0) is 0 Å². The van der Waals surface area contributed by atoms with Crippen molar-refractivity contribution < 1.29 is 14.8 Å². The summed E-state index contributed by atoms with van der Waals surface area (Å²) in [6.07, 6.45) is 1.14. The van der Waals surface area contributed by atoms with Gasteiger partial charge in [-0.1, -0.05) is 0 Å². The molecule has 0 unspecified atom stereocenters. The number of nitro groups is 1. The number of rotatable bonds is 4. The molecule has 0 fully saturated rings. The van der Waals surface area contributed by atoms with E-state index < -0.39 is 10.8 Å². The Labute approximate surface area is 85.3 Å². The Bertz CT molecular complexity index is 374. The van der Waals surface area contributed by atoms with Crippen molar-refractivity contribution in [1.82, 2.24) is 10.3 Å². The number of hydrogen-bond acceptors (Lipinski definition) is 4. The lowest BCUT2D eigenvalue weighted by atomic mass is 10.3. The van der Waals surface area contributed by atoms with Crippen molar-refractivity contribution >= 4 is 11.6 Å². The van der Waals surface area contributed by atoms with Gasteiger partial charge < -0.3 is 15.4 Å². The second-order valence-electron chi connectivity index (χ2n) is 3.09. The Morgan fingerprint density at radius 1 is 1.80 bits per heavy atom. The number of aliphatic hydroxyl groups excluding tert-OH is 1. The zero-order chi connectivity index (χ0) is 11.4. The molecular weight excluding hydrogens is 202 g/mol. The van der Waals surface area contributed by atoms with Crippen molar-refractivity contribution in [2.45, 2.75) is 13.0 Å². The van der Waals surface area contributed by atoms with Crippen LogP contribution in [0.25, 0.3) is 0 Å². The van der Waals surface area contributed by atoms with Crippen molar-refractivity contribution in [3.63, 3.8) is 0 Å². The number of nitrogens with zero attached hydrogens (tertiary/aromatic N) is 1. The molecule has 1 amide bonds. The summed E-state index contributed by atoms with van der Waals surface area (Å²) in [5.41, 5.74) is -0.0706.